The molecule has 8 heteroatoms. The lowest BCUT2D eigenvalue weighted by molar-refractivity contribution is 0.0947. The number of para-hydroxylation sites is 1. The molecule has 3 aromatic rings. The largest absolute Gasteiger partial charge is 0.454 e. The second kappa shape index (κ2) is 8.08. The summed E-state index contributed by atoms with van der Waals surface area (Å²) in [6.07, 6.45) is 0. The zero-order valence-electron chi connectivity index (χ0n) is 16.2. The SMILES string of the molecule is CN(c1ccccc1)S(=O)(=O)c1ccccc1C(=O)NCc1ccc2c(c1)OCO2. The maximum absolute atomic E-state index is 13.2. The van der Waals surface area contributed by atoms with Crippen LogP contribution in [0.5, 0.6) is 11.5 Å². The predicted octanol–water partition coefficient (Wildman–Crippen LogP) is 3.17. The highest BCUT2D eigenvalue weighted by atomic mass is 32.2. The first kappa shape index (κ1) is 19.8. The number of anilines is 1. The van der Waals surface area contributed by atoms with Crippen molar-refractivity contribution >= 4 is 21.6 Å². The Balaban J connectivity index is 1.56. The number of nitrogens with one attached hydrogen (secondary N) is 1. The van der Waals surface area contributed by atoms with Gasteiger partial charge < -0.3 is 14.8 Å². The average molecular weight is 424 g/mol. The first-order valence-electron chi connectivity index (χ1n) is 9.26. The summed E-state index contributed by atoms with van der Waals surface area (Å²) in [5.41, 5.74) is 1.41. The third kappa shape index (κ3) is 3.81. The van der Waals surface area contributed by atoms with Gasteiger partial charge in [-0.25, -0.2) is 8.42 Å². The van der Waals surface area contributed by atoms with Gasteiger partial charge in [0.2, 0.25) is 6.79 Å². The summed E-state index contributed by atoms with van der Waals surface area (Å²) < 4.78 is 38.1. The molecule has 154 valence electrons. The molecule has 1 aliphatic heterocycles. The topological polar surface area (TPSA) is 84.9 Å². The summed E-state index contributed by atoms with van der Waals surface area (Å²) in [6, 6.07) is 20.3. The van der Waals surface area contributed by atoms with E-state index in [2.05, 4.69) is 5.32 Å². The van der Waals surface area contributed by atoms with E-state index in [-0.39, 0.29) is 23.8 Å². The molecule has 1 aliphatic rings. The molecule has 1 N–H and O–H groups in total. The minimum atomic E-state index is -3.92. The molecule has 7 nitrogen and oxygen atoms in total. The van der Waals surface area contributed by atoms with E-state index in [4.69, 9.17) is 9.47 Å². The number of carbonyl (C=O) groups excluding carboxylic acids is 1. The average Bonchev–Trinajstić information content (AvgIpc) is 3.25. The van der Waals surface area contributed by atoms with Crippen LogP contribution in [0.1, 0.15) is 15.9 Å². The smallest absolute Gasteiger partial charge is 0.264 e. The van der Waals surface area contributed by atoms with E-state index in [0.717, 1.165) is 9.87 Å². The summed E-state index contributed by atoms with van der Waals surface area (Å²) in [6.45, 7) is 0.393. The second-order valence-electron chi connectivity index (χ2n) is 6.67. The van der Waals surface area contributed by atoms with Crippen molar-refractivity contribution in [3.8, 4) is 11.5 Å². The van der Waals surface area contributed by atoms with Gasteiger partial charge in [-0.1, -0.05) is 36.4 Å². The zero-order valence-corrected chi connectivity index (χ0v) is 17.1. The van der Waals surface area contributed by atoms with Crippen molar-refractivity contribution in [3.05, 3.63) is 83.9 Å². The molecule has 0 aromatic heterocycles. The molecule has 30 heavy (non-hydrogen) atoms. The third-order valence-electron chi connectivity index (χ3n) is 4.78. The van der Waals surface area contributed by atoms with E-state index >= 15 is 0 Å². The molecular weight excluding hydrogens is 404 g/mol. The Hall–Kier alpha value is -3.52. The Labute approximate surface area is 174 Å². The molecule has 0 unspecified atom stereocenters. The molecule has 0 saturated carbocycles. The Morgan fingerprint density at radius 2 is 1.67 bits per heavy atom. The Morgan fingerprint density at radius 3 is 2.47 bits per heavy atom. The van der Waals surface area contributed by atoms with Gasteiger partial charge in [-0.3, -0.25) is 9.10 Å². The summed E-state index contributed by atoms with van der Waals surface area (Å²) >= 11 is 0. The van der Waals surface area contributed by atoms with Crippen LogP contribution in [0.2, 0.25) is 0 Å². The van der Waals surface area contributed by atoms with Gasteiger partial charge in [0.15, 0.2) is 11.5 Å². The monoisotopic (exact) mass is 424 g/mol. The number of carbonyl (C=O) groups is 1. The number of fused-ring (bicyclic) bond motifs is 1. The second-order valence-corrected chi connectivity index (χ2v) is 8.61. The van der Waals surface area contributed by atoms with E-state index in [1.54, 1.807) is 48.5 Å². The van der Waals surface area contributed by atoms with E-state index in [9.17, 15) is 13.2 Å². The van der Waals surface area contributed by atoms with Crippen LogP contribution in [0.15, 0.2) is 77.7 Å². The standard InChI is InChI=1S/C22H20N2O5S/c1-24(17-7-3-2-4-8-17)30(26,27)21-10-6-5-9-18(21)22(25)23-14-16-11-12-19-20(13-16)29-15-28-19/h2-13H,14-15H2,1H3,(H,23,25). The molecule has 0 radical (unpaired) electrons. The molecular formula is C22H20N2O5S. The normalized spacial score (nSPS) is 12.4. The third-order valence-corrected chi connectivity index (χ3v) is 6.62. The van der Waals surface area contributed by atoms with Crippen LogP contribution >= 0.6 is 0 Å². The van der Waals surface area contributed by atoms with E-state index in [1.165, 1.54) is 19.2 Å². The fourth-order valence-electron chi connectivity index (χ4n) is 3.13. The van der Waals surface area contributed by atoms with Crippen LogP contribution in [0, 0.1) is 0 Å². The number of sulfonamides is 1. The number of rotatable bonds is 6. The van der Waals surface area contributed by atoms with Gasteiger partial charge in [0, 0.05) is 13.6 Å². The maximum atomic E-state index is 13.2. The molecule has 0 spiro atoms. The van der Waals surface area contributed by atoms with Crippen molar-refractivity contribution in [3.63, 3.8) is 0 Å². The number of hydrogen-bond acceptors (Lipinski definition) is 5. The highest BCUT2D eigenvalue weighted by Crippen LogP contribution is 2.32. The van der Waals surface area contributed by atoms with Gasteiger partial charge in [-0.15, -0.1) is 0 Å². The number of ether oxygens (including phenoxy) is 2. The lowest BCUT2D eigenvalue weighted by atomic mass is 10.1. The lowest BCUT2D eigenvalue weighted by Crippen LogP contribution is -2.30. The van der Waals surface area contributed by atoms with Crippen molar-refractivity contribution in [2.75, 3.05) is 18.1 Å². The van der Waals surface area contributed by atoms with Crippen molar-refractivity contribution in [1.82, 2.24) is 5.32 Å². The minimum Gasteiger partial charge on any atom is -0.454 e. The van der Waals surface area contributed by atoms with Crippen LogP contribution in [-0.4, -0.2) is 28.2 Å². The first-order valence-corrected chi connectivity index (χ1v) is 10.7. The fraction of sp³-hybridized carbons (Fsp3) is 0.136. The molecule has 0 aliphatic carbocycles. The Kier molecular flexibility index (Phi) is 5.33. The highest BCUT2D eigenvalue weighted by Gasteiger charge is 2.26. The van der Waals surface area contributed by atoms with E-state index in [0.29, 0.717) is 17.2 Å². The lowest BCUT2D eigenvalue weighted by Gasteiger charge is -2.21. The van der Waals surface area contributed by atoms with Gasteiger partial charge in [0.25, 0.3) is 15.9 Å². The Bertz CT molecular complexity index is 1180. The summed E-state index contributed by atoms with van der Waals surface area (Å²) in [5.74, 6) is 0.799. The number of nitrogens with zero attached hydrogens (tertiary/aromatic N) is 1. The Morgan fingerprint density at radius 1 is 0.967 bits per heavy atom. The summed E-state index contributed by atoms with van der Waals surface area (Å²) in [4.78, 5) is 12.8. The highest BCUT2D eigenvalue weighted by molar-refractivity contribution is 7.92. The minimum absolute atomic E-state index is 0.0560. The fourth-order valence-corrected chi connectivity index (χ4v) is 4.52. The molecule has 0 bridgehead atoms. The first-order chi connectivity index (χ1) is 14.5. The van der Waals surface area contributed by atoms with Gasteiger partial charge in [0.1, 0.15) is 4.90 Å². The molecule has 1 heterocycles. The molecule has 0 atom stereocenters. The molecule has 1 amide bonds. The van der Waals surface area contributed by atoms with E-state index < -0.39 is 15.9 Å². The van der Waals surface area contributed by atoms with Crippen LogP contribution in [-0.2, 0) is 16.6 Å². The van der Waals surface area contributed by atoms with Gasteiger partial charge in [-0.05, 0) is 42.0 Å². The van der Waals surface area contributed by atoms with Crippen LogP contribution < -0.4 is 19.1 Å². The van der Waals surface area contributed by atoms with Crippen LogP contribution in [0.3, 0.4) is 0 Å². The van der Waals surface area contributed by atoms with Gasteiger partial charge in [0.05, 0.1) is 11.3 Å². The maximum Gasteiger partial charge on any atom is 0.264 e. The number of hydrogen-bond donors (Lipinski definition) is 1. The molecule has 4 rings (SSSR count). The number of amides is 1. The van der Waals surface area contributed by atoms with Crippen molar-refractivity contribution in [2.24, 2.45) is 0 Å². The molecule has 3 aromatic carbocycles. The van der Waals surface area contributed by atoms with Crippen LogP contribution in [0.4, 0.5) is 5.69 Å². The molecule has 0 saturated heterocycles. The van der Waals surface area contributed by atoms with Crippen molar-refractivity contribution in [1.29, 1.82) is 0 Å². The van der Waals surface area contributed by atoms with Gasteiger partial charge >= 0.3 is 0 Å². The van der Waals surface area contributed by atoms with Crippen molar-refractivity contribution in [2.45, 2.75) is 11.4 Å². The number of benzene rings is 3. The van der Waals surface area contributed by atoms with Gasteiger partial charge in [-0.2, -0.15) is 0 Å². The summed E-state index contributed by atoms with van der Waals surface area (Å²) in [7, 11) is -2.46. The zero-order chi connectivity index (χ0) is 21.1. The van der Waals surface area contributed by atoms with E-state index in [1.807, 2.05) is 12.1 Å². The predicted molar refractivity (Wildman–Crippen MR) is 112 cm³/mol. The van der Waals surface area contributed by atoms with Crippen molar-refractivity contribution < 1.29 is 22.7 Å². The summed E-state index contributed by atoms with van der Waals surface area (Å²) in [5, 5.41) is 2.78. The van der Waals surface area contributed by atoms with Crippen LogP contribution in [0.25, 0.3) is 0 Å². The quantitative estimate of drug-likeness (QED) is 0.657. The molecule has 0 fully saturated rings.